The van der Waals surface area contributed by atoms with Gasteiger partial charge in [-0.2, -0.15) is 4.98 Å². The number of aryl methyl sites for hydroxylation is 2. The number of carbonyl (C=O) groups excluding carboxylic acids is 1. The summed E-state index contributed by atoms with van der Waals surface area (Å²) in [4.78, 5) is 26.5. The first-order valence-electron chi connectivity index (χ1n) is 8.44. The minimum absolute atomic E-state index is 0.129. The molecule has 1 aliphatic rings. The number of fused-ring (bicyclic) bond motifs is 1. The molecule has 1 amide bonds. The summed E-state index contributed by atoms with van der Waals surface area (Å²) in [5.41, 5.74) is 3.32. The zero-order valence-corrected chi connectivity index (χ0v) is 15.2. The average molecular weight is 356 g/mol. The zero-order chi connectivity index (χ0) is 17.4. The Bertz CT molecular complexity index is 917. The molecule has 0 saturated carbocycles. The molecule has 0 N–H and O–H groups in total. The Morgan fingerprint density at radius 1 is 1.12 bits per heavy atom. The van der Waals surface area contributed by atoms with Gasteiger partial charge in [-0.3, -0.25) is 4.79 Å². The summed E-state index contributed by atoms with van der Waals surface area (Å²) < 4.78 is 5.86. The van der Waals surface area contributed by atoms with Crippen LogP contribution in [0.25, 0.3) is 11.2 Å². The first-order chi connectivity index (χ1) is 12.1. The minimum Gasteiger partial charge on any atom is -0.422 e. The Kier molecular flexibility index (Phi) is 4.17. The highest BCUT2D eigenvalue weighted by atomic mass is 32.1. The van der Waals surface area contributed by atoms with Gasteiger partial charge in [0.05, 0.1) is 4.88 Å². The number of thiophene rings is 1. The van der Waals surface area contributed by atoms with E-state index in [2.05, 4.69) is 14.9 Å². The van der Waals surface area contributed by atoms with Crippen molar-refractivity contribution < 1.29 is 9.21 Å². The number of amides is 1. The van der Waals surface area contributed by atoms with Gasteiger partial charge in [0.25, 0.3) is 11.9 Å². The van der Waals surface area contributed by atoms with E-state index in [0.29, 0.717) is 30.3 Å². The molecule has 0 aliphatic carbocycles. The molecule has 25 heavy (non-hydrogen) atoms. The third kappa shape index (κ3) is 3.11. The first kappa shape index (κ1) is 16.1. The van der Waals surface area contributed by atoms with Crippen molar-refractivity contribution in [3.05, 3.63) is 39.7 Å². The van der Waals surface area contributed by atoms with Crippen LogP contribution in [-0.4, -0.2) is 47.0 Å². The molecular formula is C18H20N4O2S. The Morgan fingerprint density at radius 3 is 2.80 bits per heavy atom. The fourth-order valence-corrected chi connectivity index (χ4v) is 3.98. The minimum atomic E-state index is 0.129. The quantitative estimate of drug-likeness (QED) is 0.705. The first-order valence-corrected chi connectivity index (χ1v) is 9.32. The van der Waals surface area contributed by atoms with Crippen LogP contribution in [-0.2, 0) is 0 Å². The third-order valence-electron chi connectivity index (χ3n) is 4.49. The molecule has 4 rings (SSSR count). The lowest BCUT2D eigenvalue weighted by Gasteiger charge is -2.21. The molecule has 6 nitrogen and oxygen atoms in total. The number of oxazole rings is 1. The molecule has 0 spiro atoms. The highest BCUT2D eigenvalue weighted by Gasteiger charge is 2.24. The molecular weight excluding hydrogens is 336 g/mol. The van der Waals surface area contributed by atoms with Gasteiger partial charge < -0.3 is 14.2 Å². The fourth-order valence-electron chi connectivity index (χ4n) is 3.08. The molecule has 3 aromatic rings. The smallest absolute Gasteiger partial charge is 0.300 e. The molecule has 3 aromatic heterocycles. The van der Waals surface area contributed by atoms with Crippen molar-refractivity contribution in [3.63, 3.8) is 0 Å². The van der Waals surface area contributed by atoms with Gasteiger partial charge in [-0.15, -0.1) is 11.3 Å². The molecule has 1 saturated heterocycles. The second-order valence-corrected chi connectivity index (χ2v) is 7.25. The van der Waals surface area contributed by atoms with Gasteiger partial charge in [0.2, 0.25) is 5.65 Å². The Morgan fingerprint density at radius 2 is 2.00 bits per heavy atom. The van der Waals surface area contributed by atoms with E-state index in [0.717, 1.165) is 35.6 Å². The maximum absolute atomic E-state index is 12.7. The van der Waals surface area contributed by atoms with Gasteiger partial charge in [-0.25, -0.2) is 4.98 Å². The van der Waals surface area contributed by atoms with E-state index in [-0.39, 0.29) is 5.91 Å². The number of rotatable bonds is 2. The highest BCUT2D eigenvalue weighted by molar-refractivity contribution is 7.12. The number of nitrogens with zero attached hydrogens (tertiary/aromatic N) is 4. The van der Waals surface area contributed by atoms with Crippen LogP contribution in [0.3, 0.4) is 0 Å². The molecule has 4 heterocycles. The van der Waals surface area contributed by atoms with Crippen LogP contribution in [0.15, 0.2) is 28.0 Å². The normalized spacial score (nSPS) is 15.6. The van der Waals surface area contributed by atoms with E-state index < -0.39 is 0 Å². The monoisotopic (exact) mass is 356 g/mol. The van der Waals surface area contributed by atoms with Crippen LogP contribution in [0, 0.1) is 13.8 Å². The van der Waals surface area contributed by atoms with Crippen LogP contribution in [0.2, 0.25) is 0 Å². The summed E-state index contributed by atoms with van der Waals surface area (Å²) in [6, 6.07) is 6.41. The van der Waals surface area contributed by atoms with Crippen LogP contribution < -0.4 is 4.90 Å². The lowest BCUT2D eigenvalue weighted by atomic mass is 10.2. The van der Waals surface area contributed by atoms with Crippen LogP contribution >= 0.6 is 11.3 Å². The standard InChI is InChI=1S/C18H20N4O2S/c1-12-6-11-25-15(12)17(23)21-7-3-8-22(10-9-21)18-20-16-14(24-18)5-4-13(2)19-16/h4-6,11H,3,7-10H2,1-2H3. The summed E-state index contributed by atoms with van der Waals surface area (Å²) in [6.07, 6.45) is 0.890. The maximum Gasteiger partial charge on any atom is 0.300 e. The number of hydrogen-bond donors (Lipinski definition) is 0. The summed E-state index contributed by atoms with van der Waals surface area (Å²) in [7, 11) is 0. The summed E-state index contributed by atoms with van der Waals surface area (Å²) >= 11 is 1.52. The molecule has 0 bridgehead atoms. The van der Waals surface area contributed by atoms with Crippen molar-refractivity contribution in [2.24, 2.45) is 0 Å². The Labute approximate surface area is 150 Å². The van der Waals surface area contributed by atoms with Crippen molar-refractivity contribution in [2.75, 3.05) is 31.1 Å². The van der Waals surface area contributed by atoms with Crippen molar-refractivity contribution in [2.45, 2.75) is 20.3 Å². The maximum atomic E-state index is 12.7. The van der Waals surface area contributed by atoms with E-state index in [9.17, 15) is 4.79 Å². The van der Waals surface area contributed by atoms with Gasteiger partial charge >= 0.3 is 0 Å². The number of anilines is 1. The second-order valence-electron chi connectivity index (χ2n) is 6.34. The molecule has 1 aliphatic heterocycles. The van der Waals surface area contributed by atoms with E-state index in [1.165, 1.54) is 11.3 Å². The third-order valence-corrected chi connectivity index (χ3v) is 5.50. The lowest BCUT2D eigenvalue weighted by molar-refractivity contribution is 0.0771. The molecule has 1 fully saturated rings. The molecule has 7 heteroatoms. The Balaban J connectivity index is 1.50. The zero-order valence-electron chi connectivity index (χ0n) is 14.4. The van der Waals surface area contributed by atoms with E-state index >= 15 is 0 Å². The van der Waals surface area contributed by atoms with Gasteiger partial charge in [0.15, 0.2) is 5.58 Å². The van der Waals surface area contributed by atoms with Crippen LogP contribution in [0.1, 0.15) is 27.3 Å². The van der Waals surface area contributed by atoms with Crippen molar-refractivity contribution in [1.82, 2.24) is 14.9 Å². The van der Waals surface area contributed by atoms with Crippen molar-refractivity contribution >= 4 is 34.5 Å². The van der Waals surface area contributed by atoms with E-state index in [1.54, 1.807) is 0 Å². The number of carbonyl (C=O) groups is 1. The van der Waals surface area contributed by atoms with Gasteiger partial charge in [-0.1, -0.05) is 0 Å². The number of pyridine rings is 1. The largest absolute Gasteiger partial charge is 0.422 e. The van der Waals surface area contributed by atoms with Gasteiger partial charge in [0, 0.05) is 31.9 Å². The SMILES string of the molecule is Cc1ccc2oc(N3CCCN(C(=O)c4sccc4C)CC3)nc2n1. The van der Waals surface area contributed by atoms with Crippen LogP contribution in [0.5, 0.6) is 0 Å². The molecule has 0 aromatic carbocycles. The summed E-state index contributed by atoms with van der Waals surface area (Å²) in [5, 5.41) is 1.97. The van der Waals surface area contributed by atoms with Crippen molar-refractivity contribution in [3.8, 4) is 0 Å². The molecule has 0 unspecified atom stereocenters. The lowest BCUT2D eigenvalue weighted by Crippen LogP contribution is -2.35. The fraction of sp³-hybridized carbons (Fsp3) is 0.389. The van der Waals surface area contributed by atoms with E-state index in [4.69, 9.17) is 4.42 Å². The topological polar surface area (TPSA) is 62.5 Å². The van der Waals surface area contributed by atoms with Gasteiger partial charge in [0.1, 0.15) is 0 Å². The number of hydrogen-bond acceptors (Lipinski definition) is 6. The average Bonchev–Trinajstić information content (AvgIpc) is 3.12. The van der Waals surface area contributed by atoms with Crippen molar-refractivity contribution in [1.29, 1.82) is 0 Å². The summed E-state index contributed by atoms with van der Waals surface area (Å²) in [6.45, 7) is 6.88. The Hall–Kier alpha value is -2.41. The van der Waals surface area contributed by atoms with Crippen LogP contribution in [0.4, 0.5) is 6.01 Å². The highest BCUT2D eigenvalue weighted by Crippen LogP contribution is 2.23. The predicted molar refractivity (Wildman–Crippen MR) is 98.3 cm³/mol. The molecule has 130 valence electrons. The summed E-state index contributed by atoms with van der Waals surface area (Å²) in [5.74, 6) is 0.129. The molecule has 0 atom stereocenters. The molecule has 0 radical (unpaired) electrons. The second kappa shape index (κ2) is 6.48. The predicted octanol–water partition coefficient (Wildman–Crippen LogP) is 3.25. The van der Waals surface area contributed by atoms with Gasteiger partial charge in [-0.05, 0) is 49.4 Å². The van der Waals surface area contributed by atoms with E-state index in [1.807, 2.05) is 42.3 Å². The number of aromatic nitrogens is 2.